The van der Waals surface area contributed by atoms with Crippen molar-refractivity contribution in [2.24, 2.45) is 0 Å². The van der Waals surface area contributed by atoms with Gasteiger partial charge in [-0.3, -0.25) is 19.7 Å². The number of nitrogens with zero attached hydrogens (tertiary/aromatic N) is 2. The van der Waals surface area contributed by atoms with Crippen molar-refractivity contribution < 1.29 is 19.6 Å². The molecule has 1 amide bonds. The number of carbonyl (C=O) groups excluding carboxylic acids is 1. The fraction of sp³-hybridized carbons (Fsp3) is 0.455. The first-order valence-electron chi connectivity index (χ1n) is 5.82. The van der Waals surface area contributed by atoms with Crippen LogP contribution in [0.15, 0.2) is 11.4 Å². The maximum absolute atomic E-state index is 12.3. The van der Waals surface area contributed by atoms with Gasteiger partial charge in [0, 0.05) is 29.5 Å². The number of rotatable bonds is 4. The molecular formula is C11H12N2O5S2. The summed E-state index contributed by atoms with van der Waals surface area (Å²) < 4.78 is 0. The fourth-order valence-electron chi connectivity index (χ4n) is 1.99. The van der Waals surface area contributed by atoms with E-state index in [4.69, 9.17) is 5.11 Å². The number of amides is 1. The van der Waals surface area contributed by atoms with Gasteiger partial charge in [-0.25, -0.2) is 0 Å². The smallest absolute Gasteiger partial charge is 0.324 e. The largest absolute Gasteiger partial charge is 0.481 e. The molecule has 1 saturated heterocycles. The standard InChI is InChI=1S/C11H12N2O5S2/c14-10(15)4-8-6-19-2-1-12(8)11(16)7-3-9(13(17)18)20-5-7/h3,5,8H,1-2,4,6H2,(H,14,15). The zero-order valence-corrected chi connectivity index (χ0v) is 12.0. The Morgan fingerprint density at radius 2 is 2.30 bits per heavy atom. The van der Waals surface area contributed by atoms with E-state index < -0.39 is 10.9 Å². The maximum atomic E-state index is 12.3. The van der Waals surface area contributed by atoms with Crippen LogP contribution in [0.5, 0.6) is 0 Å². The van der Waals surface area contributed by atoms with Crippen LogP contribution in [0.25, 0.3) is 0 Å². The second-order valence-corrected chi connectivity index (χ2v) is 6.30. The molecule has 1 N–H and O–H groups in total. The number of carboxylic acids is 1. The monoisotopic (exact) mass is 316 g/mol. The van der Waals surface area contributed by atoms with Crippen molar-refractivity contribution in [1.82, 2.24) is 4.90 Å². The Balaban J connectivity index is 2.15. The van der Waals surface area contributed by atoms with Gasteiger partial charge in [0.25, 0.3) is 5.91 Å². The highest BCUT2D eigenvalue weighted by molar-refractivity contribution is 7.99. The third kappa shape index (κ3) is 3.28. The molecule has 1 unspecified atom stereocenters. The predicted molar refractivity (Wildman–Crippen MR) is 75.4 cm³/mol. The molecule has 108 valence electrons. The molecule has 1 aliphatic rings. The summed E-state index contributed by atoms with van der Waals surface area (Å²) in [5.41, 5.74) is 0.254. The summed E-state index contributed by atoms with van der Waals surface area (Å²) in [5, 5.41) is 20.9. The zero-order chi connectivity index (χ0) is 14.7. The van der Waals surface area contributed by atoms with Crippen LogP contribution in [0.3, 0.4) is 0 Å². The van der Waals surface area contributed by atoms with Crippen LogP contribution in [-0.2, 0) is 4.79 Å². The van der Waals surface area contributed by atoms with Gasteiger partial charge in [0.2, 0.25) is 0 Å². The van der Waals surface area contributed by atoms with Gasteiger partial charge in [-0.15, -0.1) is 0 Å². The summed E-state index contributed by atoms with van der Waals surface area (Å²) >= 11 is 2.51. The van der Waals surface area contributed by atoms with E-state index in [1.165, 1.54) is 16.3 Å². The normalized spacial score (nSPS) is 18.8. The summed E-state index contributed by atoms with van der Waals surface area (Å²) in [6.45, 7) is 0.463. The number of nitro groups is 1. The summed E-state index contributed by atoms with van der Waals surface area (Å²) in [4.78, 5) is 34.8. The molecule has 0 aromatic carbocycles. The summed E-state index contributed by atoms with van der Waals surface area (Å²) in [5.74, 6) is 0.0331. The minimum atomic E-state index is -0.952. The van der Waals surface area contributed by atoms with Gasteiger partial charge in [-0.1, -0.05) is 11.3 Å². The fourth-order valence-corrected chi connectivity index (χ4v) is 3.75. The number of carbonyl (C=O) groups is 2. The second-order valence-electron chi connectivity index (χ2n) is 4.26. The van der Waals surface area contributed by atoms with E-state index in [-0.39, 0.29) is 28.9 Å². The Kier molecular flexibility index (Phi) is 4.61. The average Bonchev–Trinajstić information content (AvgIpc) is 2.87. The molecule has 9 heteroatoms. The highest BCUT2D eigenvalue weighted by Gasteiger charge is 2.30. The summed E-state index contributed by atoms with van der Waals surface area (Å²) in [6.07, 6.45) is -0.106. The summed E-state index contributed by atoms with van der Waals surface area (Å²) in [6, 6.07) is 0.879. The Labute approximate surface area is 122 Å². The van der Waals surface area contributed by atoms with Crippen LogP contribution in [0.4, 0.5) is 5.00 Å². The van der Waals surface area contributed by atoms with Gasteiger partial charge in [0.05, 0.1) is 22.9 Å². The van der Waals surface area contributed by atoms with Crippen molar-refractivity contribution in [2.45, 2.75) is 12.5 Å². The van der Waals surface area contributed by atoms with Crippen molar-refractivity contribution in [2.75, 3.05) is 18.1 Å². The molecule has 0 aliphatic carbocycles. The first-order chi connectivity index (χ1) is 9.49. The Bertz CT molecular complexity index is 545. The quantitative estimate of drug-likeness (QED) is 0.670. The van der Waals surface area contributed by atoms with Gasteiger partial charge in [0.1, 0.15) is 0 Å². The SMILES string of the molecule is O=C(O)CC1CSCCN1C(=O)c1csc([N+](=O)[O-])c1. The van der Waals surface area contributed by atoms with E-state index in [1.54, 1.807) is 11.8 Å². The lowest BCUT2D eigenvalue weighted by Gasteiger charge is -2.34. The molecule has 1 fully saturated rings. The predicted octanol–water partition coefficient (Wildman–Crippen LogP) is 1.69. The van der Waals surface area contributed by atoms with Crippen molar-refractivity contribution >= 4 is 40.0 Å². The number of hydrogen-bond acceptors (Lipinski definition) is 6. The number of aliphatic carboxylic acids is 1. The lowest BCUT2D eigenvalue weighted by atomic mass is 10.1. The highest BCUT2D eigenvalue weighted by Crippen LogP contribution is 2.26. The van der Waals surface area contributed by atoms with Gasteiger partial charge in [-0.05, 0) is 0 Å². The minimum absolute atomic E-state index is 0.0884. The lowest BCUT2D eigenvalue weighted by molar-refractivity contribution is -0.380. The Hall–Kier alpha value is -1.61. The number of thioether (sulfide) groups is 1. The zero-order valence-electron chi connectivity index (χ0n) is 10.4. The molecule has 20 heavy (non-hydrogen) atoms. The van der Waals surface area contributed by atoms with E-state index in [2.05, 4.69) is 0 Å². The molecule has 0 spiro atoms. The number of thiophene rings is 1. The van der Waals surface area contributed by atoms with E-state index in [1.807, 2.05) is 0 Å². The van der Waals surface area contributed by atoms with Crippen LogP contribution in [-0.4, -0.2) is 50.9 Å². The first-order valence-corrected chi connectivity index (χ1v) is 7.86. The van der Waals surface area contributed by atoms with Gasteiger partial charge < -0.3 is 10.0 Å². The molecule has 1 aromatic heterocycles. The maximum Gasteiger partial charge on any atom is 0.324 e. The van der Waals surface area contributed by atoms with Crippen molar-refractivity contribution in [3.05, 3.63) is 27.1 Å². The molecule has 0 saturated carbocycles. The Morgan fingerprint density at radius 3 is 2.90 bits per heavy atom. The van der Waals surface area contributed by atoms with Crippen LogP contribution in [0.2, 0.25) is 0 Å². The molecule has 1 aromatic rings. The molecular weight excluding hydrogens is 304 g/mol. The average molecular weight is 316 g/mol. The van der Waals surface area contributed by atoms with Crippen molar-refractivity contribution in [1.29, 1.82) is 0 Å². The number of carboxylic acid groups (broad SMARTS) is 1. The Morgan fingerprint density at radius 1 is 1.55 bits per heavy atom. The minimum Gasteiger partial charge on any atom is -0.481 e. The second kappa shape index (κ2) is 6.23. The molecule has 2 heterocycles. The topological polar surface area (TPSA) is 101 Å². The highest BCUT2D eigenvalue weighted by atomic mass is 32.2. The van der Waals surface area contributed by atoms with E-state index in [0.717, 1.165) is 17.1 Å². The van der Waals surface area contributed by atoms with Gasteiger partial charge in [-0.2, -0.15) is 11.8 Å². The molecule has 1 aliphatic heterocycles. The lowest BCUT2D eigenvalue weighted by Crippen LogP contribution is -2.47. The molecule has 7 nitrogen and oxygen atoms in total. The van der Waals surface area contributed by atoms with E-state index in [9.17, 15) is 19.7 Å². The summed E-state index contributed by atoms with van der Waals surface area (Å²) in [7, 11) is 0. The number of hydrogen-bond donors (Lipinski definition) is 1. The van der Waals surface area contributed by atoms with Crippen LogP contribution >= 0.6 is 23.1 Å². The van der Waals surface area contributed by atoms with Crippen LogP contribution in [0, 0.1) is 10.1 Å². The van der Waals surface area contributed by atoms with Crippen LogP contribution in [0.1, 0.15) is 16.8 Å². The third-order valence-electron chi connectivity index (χ3n) is 2.91. The first kappa shape index (κ1) is 14.8. The third-order valence-corrected chi connectivity index (χ3v) is 4.88. The molecule has 0 bridgehead atoms. The van der Waals surface area contributed by atoms with Gasteiger partial charge >= 0.3 is 11.0 Å². The molecule has 2 rings (SSSR count). The van der Waals surface area contributed by atoms with E-state index in [0.29, 0.717) is 12.3 Å². The molecule has 1 atom stereocenters. The van der Waals surface area contributed by atoms with Crippen LogP contribution < -0.4 is 0 Å². The molecule has 0 radical (unpaired) electrons. The van der Waals surface area contributed by atoms with Crippen molar-refractivity contribution in [3.63, 3.8) is 0 Å². The van der Waals surface area contributed by atoms with Gasteiger partial charge in [0.15, 0.2) is 0 Å². The van der Waals surface area contributed by atoms with Crippen molar-refractivity contribution in [3.8, 4) is 0 Å². The van der Waals surface area contributed by atoms with E-state index >= 15 is 0 Å².